The number of para-hydroxylation sites is 1. The molecular formula is C13H9F4NO. The maximum atomic E-state index is 13.3. The summed E-state index contributed by atoms with van der Waals surface area (Å²) >= 11 is 0. The average Bonchev–Trinajstić information content (AvgIpc) is 2.33. The van der Waals surface area contributed by atoms with Crippen LogP contribution in [-0.2, 0) is 6.54 Å². The van der Waals surface area contributed by atoms with E-state index in [9.17, 15) is 22.7 Å². The predicted molar refractivity (Wildman–Crippen MR) is 61.7 cm³/mol. The van der Waals surface area contributed by atoms with Crippen molar-refractivity contribution < 1.29 is 22.7 Å². The normalized spacial score (nSPS) is 10.5. The summed E-state index contributed by atoms with van der Waals surface area (Å²) in [6, 6.07) is 4.85. The van der Waals surface area contributed by atoms with Crippen molar-refractivity contribution in [3.8, 4) is 5.75 Å². The van der Waals surface area contributed by atoms with E-state index < -0.39 is 34.7 Å². The molecule has 19 heavy (non-hydrogen) atoms. The van der Waals surface area contributed by atoms with Crippen LogP contribution in [0.25, 0.3) is 0 Å². The number of anilines is 1. The van der Waals surface area contributed by atoms with Crippen LogP contribution in [0.5, 0.6) is 5.75 Å². The molecule has 6 heteroatoms. The highest BCUT2D eigenvalue weighted by molar-refractivity contribution is 5.48. The van der Waals surface area contributed by atoms with Gasteiger partial charge in [0.25, 0.3) is 0 Å². The Morgan fingerprint density at radius 1 is 0.947 bits per heavy atom. The Morgan fingerprint density at radius 3 is 2.21 bits per heavy atom. The molecular weight excluding hydrogens is 262 g/mol. The number of phenols is 1. The average molecular weight is 271 g/mol. The standard InChI is InChI=1S/C13H9F4NO/c14-8-4-10(16)12(11(17)5-8)18-6-7-2-1-3-9(15)13(7)19/h1-5,18-19H,6H2. The minimum Gasteiger partial charge on any atom is -0.505 e. The monoisotopic (exact) mass is 271 g/mol. The van der Waals surface area contributed by atoms with Crippen molar-refractivity contribution in [2.45, 2.75) is 6.54 Å². The molecule has 2 nitrogen and oxygen atoms in total. The van der Waals surface area contributed by atoms with Gasteiger partial charge in [-0.15, -0.1) is 0 Å². The van der Waals surface area contributed by atoms with Crippen LogP contribution in [0.4, 0.5) is 23.2 Å². The van der Waals surface area contributed by atoms with E-state index in [1.165, 1.54) is 12.1 Å². The van der Waals surface area contributed by atoms with Gasteiger partial charge in [-0.1, -0.05) is 12.1 Å². The Morgan fingerprint density at radius 2 is 1.58 bits per heavy atom. The van der Waals surface area contributed by atoms with E-state index in [4.69, 9.17) is 0 Å². The van der Waals surface area contributed by atoms with Crippen LogP contribution in [0.2, 0.25) is 0 Å². The molecule has 0 atom stereocenters. The van der Waals surface area contributed by atoms with Crippen molar-refractivity contribution in [1.29, 1.82) is 0 Å². The lowest BCUT2D eigenvalue weighted by atomic mass is 10.2. The summed E-state index contributed by atoms with van der Waals surface area (Å²) in [7, 11) is 0. The number of phenolic OH excluding ortho intramolecular Hbond substituents is 1. The molecule has 0 heterocycles. The van der Waals surface area contributed by atoms with E-state index in [2.05, 4.69) is 5.32 Å². The predicted octanol–water partition coefficient (Wildman–Crippen LogP) is 3.56. The molecule has 2 N–H and O–H groups in total. The van der Waals surface area contributed by atoms with E-state index in [1.54, 1.807) is 0 Å². The lowest BCUT2D eigenvalue weighted by Gasteiger charge is -2.10. The summed E-state index contributed by atoms with van der Waals surface area (Å²) < 4.78 is 52.4. The lowest BCUT2D eigenvalue weighted by molar-refractivity contribution is 0.426. The minimum absolute atomic E-state index is 0.128. The Hall–Kier alpha value is -2.24. The Balaban J connectivity index is 2.22. The molecule has 0 fully saturated rings. The number of rotatable bonds is 3. The topological polar surface area (TPSA) is 32.3 Å². The van der Waals surface area contributed by atoms with Crippen LogP contribution in [-0.4, -0.2) is 5.11 Å². The Labute approximate surface area is 106 Å². The van der Waals surface area contributed by atoms with Crippen molar-refractivity contribution in [2.75, 3.05) is 5.32 Å². The SMILES string of the molecule is Oc1c(F)cccc1CNc1c(F)cc(F)cc1F. The molecule has 0 aliphatic rings. The van der Waals surface area contributed by atoms with Gasteiger partial charge in [-0.25, -0.2) is 17.6 Å². The first kappa shape index (κ1) is 13.2. The summed E-state index contributed by atoms with van der Waals surface area (Å²) in [5, 5.41) is 11.7. The largest absolute Gasteiger partial charge is 0.505 e. The molecule has 2 aromatic rings. The molecule has 0 amide bonds. The van der Waals surface area contributed by atoms with Gasteiger partial charge in [0, 0.05) is 24.2 Å². The first-order valence-electron chi connectivity index (χ1n) is 5.34. The van der Waals surface area contributed by atoms with Crippen LogP contribution in [0.1, 0.15) is 5.56 Å². The minimum atomic E-state index is -1.10. The number of nitrogens with one attached hydrogen (secondary N) is 1. The van der Waals surface area contributed by atoms with E-state index in [-0.39, 0.29) is 12.1 Å². The molecule has 0 saturated heterocycles. The van der Waals surface area contributed by atoms with Gasteiger partial charge in [0.1, 0.15) is 11.5 Å². The Kier molecular flexibility index (Phi) is 3.59. The van der Waals surface area contributed by atoms with Gasteiger partial charge >= 0.3 is 0 Å². The second-order valence-corrected chi connectivity index (χ2v) is 3.85. The highest BCUT2D eigenvalue weighted by Gasteiger charge is 2.12. The second kappa shape index (κ2) is 5.17. The highest BCUT2D eigenvalue weighted by atomic mass is 19.1. The van der Waals surface area contributed by atoms with Crippen LogP contribution in [0, 0.1) is 23.3 Å². The van der Waals surface area contributed by atoms with Gasteiger partial charge < -0.3 is 10.4 Å². The van der Waals surface area contributed by atoms with Crippen LogP contribution >= 0.6 is 0 Å². The molecule has 2 rings (SSSR count). The molecule has 0 spiro atoms. The smallest absolute Gasteiger partial charge is 0.165 e. The molecule has 0 bridgehead atoms. The number of hydrogen-bond donors (Lipinski definition) is 2. The maximum absolute atomic E-state index is 13.3. The number of hydrogen-bond acceptors (Lipinski definition) is 2. The van der Waals surface area contributed by atoms with Gasteiger partial charge in [0.15, 0.2) is 23.2 Å². The summed E-state index contributed by atoms with van der Waals surface area (Å²) in [6.07, 6.45) is 0. The third-order valence-electron chi connectivity index (χ3n) is 2.53. The fourth-order valence-corrected chi connectivity index (χ4v) is 1.60. The zero-order valence-electron chi connectivity index (χ0n) is 9.55. The molecule has 0 unspecified atom stereocenters. The molecule has 0 aromatic heterocycles. The highest BCUT2D eigenvalue weighted by Crippen LogP contribution is 2.24. The van der Waals surface area contributed by atoms with Crippen molar-refractivity contribution in [3.63, 3.8) is 0 Å². The first-order valence-corrected chi connectivity index (χ1v) is 5.34. The fourth-order valence-electron chi connectivity index (χ4n) is 1.60. The van der Waals surface area contributed by atoms with Gasteiger partial charge in [-0.3, -0.25) is 0 Å². The Bertz CT molecular complexity index is 593. The lowest BCUT2D eigenvalue weighted by Crippen LogP contribution is -2.05. The first-order chi connectivity index (χ1) is 8.99. The van der Waals surface area contributed by atoms with Gasteiger partial charge in [-0.05, 0) is 6.07 Å². The summed E-state index contributed by atoms with van der Waals surface area (Å²) in [4.78, 5) is 0. The quantitative estimate of drug-likeness (QED) is 0.836. The van der Waals surface area contributed by atoms with Crippen LogP contribution < -0.4 is 5.32 Å². The molecule has 0 aliphatic heterocycles. The van der Waals surface area contributed by atoms with E-state index in [0.29, 0.717) is 12.1 Å². The fraction of sp³-hybridized carbons (Fsp3) is 0.0769. The molecule has 0 saturated carbocycles. The molecule has 0 radical (unpaired) electrons. The number of aromatic hydroxyl groups is 1. The van der Waals surface area contributed by atoms with Crippen molar-refractivity contribution in [3.05, 3.63) is 59.2 Å². The van der Waals surface area contributed by atoms with E-state index >= 15 is 0 Å². The second-order valence-electron chi connectivity index (χ2n) is 3.85. The van der Waals surface area contributed by atoms with Gasteiger partial charge in [-0.2, -0.15) is 0 Å². The summed E-state index contributed by atoms with van der Waals surface area (Å²) in [6.45, 7) is -0.205. The third kappa shape index (κ3) is 2.78. The van der Waals surface area contributed by atoms with Gasteiger partial charge in [0.2, 0.25) is 0 Å². The summed E-state index contributed by atoms with van der Waals surface area (Å²) in [5.74, 6) is -4.67. The maximum Gasteiger partial charge on any atom is 0.165 e. The molecule has 0 aliphatic carbocycles. The molecule has 100 valence electrons. The number of halogens is 4. The van der Waals surface area contributed by atoms with Crippen LogP contribution in [0.15, 0.2) is 30.3 Å². The van der Waals surface area contributed by atoms with Crippen molar-refractivity contribution >= 4 is 5.69 Å². The van der Waals surface area contributed by atoms with Crippen molar-refractivity contribution in [2.24, 2.45) is 0 Å². The summed E-state index contributed by atoms with van der Waals surface area (Å²) in [5.41, 5.74) is -0.409. The van der Waals surface area contributed by atoms with Crippen LogP contribution in [0.3, 0.4) is 0 Å². The molecule has 2 aromatic carbocycles. The van der Waals surface area contributed by atoms with E-state index in [1.807, 2.05) is 0 Å². The van der Waals surface area contributed by atoms with Gasteiger partial charge in [0.05, 0.1) is 0 Å². The van der Waals surface area contributed by atoms with Crippen molar-refractivity contribution in [1.82, 2.24) is 0 Å². The number of benzene rings is 2. The zero-order valence-corrected chi connectivity index (χ0v) is 9.55. The van der Waals surface area contributed by atoms with E-state index in [0.717, 1.165) is 6.07 Å². The third-order valence-corrected chi connectivity index (χ3v) is 2.53. The zero-order chi connectivity index (χ0) is 14.0.